The van der Waals surface area contributed by atoms with Crippen LogP contribution in [-0.2, 0) is 0 Å². The second kappa shape index (κ2) is 5.25. The minimum absolute atomic E-state index is 0.666. The van der Waals surface area contributed by atoms with Gasteiger partial charge in [0.25, 0.3) is 0 Å². The molecule has 1 nitrogen and oxygen atoms in total. The Hall–Kier alpha value is -0.0400. The molecule has 4 rings (SSSR count). The maximum Gasteiger partial charge on any atom is 0.00974 e. The van der Waals surface area contributed by atoms with Crippen LogP contribution in [0.15, 0.2) is 0 Å². The second-order valence-electron chi connectivity index (χ2n) is 9.81. The summed E-state index contributed by atoms with van der Waals surface area (Å²) in [5.41, 5.74) is 2.00. The van der Waals surface area contributed by atoms with Crippen molar-refractivity contribution in [1.29, 1.82) is 0 Å². The molecule has 3 unspecified atom stereocenters. The molecule has 0 aliphatic heterocycles. The highest BCUT2D eigenvalue weighted by Gasteiger charge is 2.60. The lowest BCUT2D eigenvalue weighted by atomic mass is 9.39. The Balaban J connectivity index is 1.81. The highest BCUT2D eigenvalue weighted by atomic mass is 14.9. The van der Waals surface area contributed by atoms with Crippen LogP contribution in [0, 0.1) is 28.1 Å². The summed E-state index contributed by atoms with van der Waals surface area (Å²) in [6, 6.07) is 0.739. The van der Waals surface area contributed by atoms with Crippen molar-refractivity contribution in [1.82, 2.24) is 5.32 Å². The van der Waals surface area contributed by atoms with Gasteiger partial charge in [0.1, 0.15) is 0 Å². The third kappa shape index (κ3) is 2.80. The van der Waals surface area contributed by atoms with E-state index in [2.05, 4.69) is 40.1 Å². The molecule has 4 saturated carbocycles. The lowest BCUT2D eigenvalue weighted by molar-refractivity contribution is -0.151. The summed E-state index contributed by atoms with van der Waals surface area (Å²) in [5.74, 6) is 1.90. The average molecular weight is 292 g/mol. The predicted octanol–water partition coefficient (Wildman–Crippen LogP) is 5.40. The molecule has 1 heteroatoms. The average Bonchev–Trinajstić information content (AvgIpc) is 2.34. The minimum atomic E-state index is 0.666. The van der Waals surface area contributed by atoms with Crippen LogP contribution in [0.4, 0.5) is 0 Å². The van der Waals surface area contributed by atoms with Gasteiger partial charge in [-0.2, -0.15) is 0 Å². The topological polar surface area (TPSA) is 12.0 Å². The quantitative estimate of drug-likeness (QED) is 0.691. The molecule has 0 aromatic rings. The molecule has 0 aromatic heterocycles. The summed E-state index contributed by atoms with van der Waals surface area (Å²) < 4.78 is 0. The fraction of sp³-hybridized carbons (Fsp3) is 1.00. The standard InChI is InChI=1S/C20H37N/c1-6-16(7-2)17(21-5)11-20-10-15-8-18(3,13-20)12-19(4,9-15)14-20/h15-17,21H,6-14H2,1-5H3. The van der Waals surface area contributed by atoms with E-state index in [0.29, 0.717) is 16.2 Å². The Kier molecular flexibility index (Phi) is 3.96. The summed E-state index contributed by atoms with van der Waals surface area (Å²) >= 11 is 0. The molecular weight excluding hydrogens is 254 g/mol. The van der Waals surface area contributed by atoms with Crippen LogP contribution in [0.3, 0.4) is 0 Å². The van der Waals surface area contributed by atoms with E-state index in [9.17, 15) is 0 Å². The molecule has 4 aliphatic rings. The molecule has 122 valence electrons. The highest BCUT2D eigenvalue weighted by molar-refractivity contribution is 5.11. The third-order valence-electron chi connectivity index (χ3n) is 7.38. The molecule has 1 N–H and O–H groups in total. The lowest BCUT2D eigenvalue weighted by Gasteiger charge is -2.66. The van der Waals surface area contributed by atoms with Gasteiger partial charge in [0.2, 0.25) is 0 Å². The number of hydrogen-bond donors (Lipinski definition) is 1. The predicted molar refractivity (Wildman–Crippen MR) is 91.4 cm³/mol. The first-order chi connectivity index (χ1) is 9.85. The summed E-state index contributed by atoms with van der Waals surface area (Å²) in [5, 5.41) is 3.70. The first kappa shape index (κ1) is 15.8. The fourth-order valence-corrected chi connectivity index (χ4v) is 7.74. The Morgan fingerprint density at radius 1 is 0.952 bits per heavy atom. The zero-order chi connectivity index (χ0) is 15.3. The number of hydrogen-bond acceptors (Lipinski definition) is 1. The van der Waals surface area contributed by atoms with E-state index in [1.165, 1.54) is 57.8 Å². The minimum Gasteiger partial charge on any atom is -0.317 e. The van der Waals surface area contributed by atoms with Gasteiger partial charge in [-0.25, -0.2) is 0 Å². The van der Waals surface area contributed by atoms with E-state index in [1.54, 1.807) is 0 Å². The van der Waals surface area contributed by atoms with Gasteiger partial charge < -0.3 is 5.32 Å². The largest absolute Gasteiger partial charge is 0.317 e. The van der Waals surface area contributed by atoms with Gasteiger partial charge in [-0.15, -0.1) is 0 Å². The summed E-state index contributed by atoms with van der Waals surface area (Å²) in [7, 11) is 2.20. The molecule has 0 radical (unpaired) electrons. The molecule has 4 bridgehead atoms. The molecular formula is C20H37N. The molecule has 0 amide bonds. The highest BCUT2D eigenvalue weighted by Crippen LogP contribution is 2.70. The van der Waals surface area contributed by atoms with Gasteiger partial charge in [-0.05, 0) is 80.1 Å². The zero-order valence-electron chi connectivity index (χ0n) is 15.1. The van der Waals surface area contributed by atoms with Gasteiger partial charge in [0.05, 0.1) is 0 Å². The van der Waals surface area contributed by atoms with Crippen LogP contribution in [0.5, 0.6) is 0 Å². The Morgan fingerprint density at radius 3 is 1.95 bits per heavy atom. The van der Waals surface area contributed by atoms with E-state index >= 15 is 0 Å². The van der Waals surface area contributed by atoms with Crippen molar-refractivity contribution in [3.05, 3.63) is 0 Å². The van der Waals surface area contributed by atoms with Crippen LogP contribution in [0.25, 0.3) is 0 Å². The van der Waals surface area contributed by atoms with Crippen LogP contribution >= 0.6 is 0 Å². The van der Waals surface area contributed by atoms with E-state index in [-0.39, 0.29) is 0 Å². The van der Waals surface area contributed by atoms with E-state index in [1.807, 2.05) is 0 Å². The molecule has 0 spiro atoms. The van der Waals surface area contributed by atoms with Gasteiger partial charge in [-0.3, -0.25) is 0 Å². The SMILES string of the molecule is CCC(CC)C(CC12CC3CC(C)(CC(C)(C3)C1)C2)NC. The van der Waals surface area contributed by atoms with Crippen LogP contribution in [0.1, 0.15) is 85.5 Å². The van der Waals surface area contributed by atoms with Gasteiger partial charge in [-0.1, -0.05) is 40.5 Å². The number of rotatable bonds is 6. The molecule has 0 saturated heterocycles. The second-order valence-corrected chi connectivity index (χ2v) is 9.81. The van der Waals surface area contributed by atoms with Crippen molar-refractivity contribution in [3.63, 3.8) is 0 Å². The van der Waals surface area contributed by atoms with Gasteiger partial charge >= 0.3 is 0 Å². The van der Waals surface area contributed by atoms with E-state index in [4.69, 9.17) is 0 Å². The van der Waals surface area contributed by atoms with Gasteiger partial charge in [0, 0.05) is 6.04 Å². The van der Waals surface area contributed by atoms with Crippen molar-refractivity contribution in [3.8, 4) is 0 Å². The number of nitrogens with one attached hydrogen (secondary N) is 1. The smallest absolute Gasteiger partial charge is 0.00974 e. The fourth-order valence-electron chi connectivity index (χ4n) is 7.74. The summed E-state index contributed by atoms with van der Waals surface area (Å²) in [4.78, 5) is 0. The van der Waals surface area contributed by atoms with Crippen LogP contribution in [-0.4, -0.2) is 13.1 Å². The maximum atomic E-state index is 3.70. The molecule has 3 atom stereocenters. The Labute approximate surface area is 132 Å². The normalized spacial score (nSPS) is 46.3. The van der Waals surface area contributed by atoms with E-state index < -0.39 is 0 Å². The Bertz CT molecular complexity index is 365. The molecule has 0 aromatic carbocycles. The van der Waals surface area contributed by atoms with Gasteiger partial charge in [0.15, 0.2) is 0 Å². The van der Waals surface area contributed by atoms with Crippen molar-refractivity contribution in [2.24, 2.45) is 28.1 Å². The van der Waals surface area contributed by atoms with E-state index in [0.717, 1.165) is 17.9 Å². The maximum absolute atomic E-state index is 3.70. The van der Waals surface area contributed by atoms with Crippen molar-refractivity contribution in [2.45, 2.75) is 91.5 Å². The Morgan fingerprint density at radius 2 is 1.52 bits per heavy atom. The summed E-state index contributed by atoms with van der Waals surface area (Å²) in [6.45, 7) is 9.97. The van der Waals surface area contributed by atoms with Crippen molar-refractivity contribution in [2.75, 3.05) is 7.05 Å². The van der Waals surface area contributed by atoms with Crippen molar-refractivity contribution < 1.29 is 0 Å². The summed E-state index contributed by atoms with van der Waals surface area (Å²) in [6.07, 6.45) is 13.2. The third-order valence-corrected chi connectivity index (χ3v) is 7.38. The first-order valence-corrected chi connectivity index (χ1v) is 9.52. The molecule has 4 aliphatic carbocycles. The van der Waals surface area contributed by atoms with Crippen molar-refractivity contribution >= 4 is 0 Å². The van der Waals surface area contributed by atoms with Crippen LogP contribution in [0.2, 0.25) is 0 Å². The lowest BCUT2D eigenvalue weighted by Crippen LogP contribution is -2.56. The molecule has 21 heavy (non-hydrogen) atoms. The molecule has 0 heterocycles. The zero-order valence-corrected chi connectivity index (χ0v) is 15.1. The molecule has 4 fully saturated rings. The monoisotopic (exact) mass is 291 g/mol. The van der Waals surface area contributed by atoms with Crippen LogP contribution < -0.4 is 5.32 Å². The first-order valence-electron chi connectivity index (χ1n) is 9.52.